The van der Waals surface area contributed by atoms with Crippen LogP contribution in [0.5, 0.6) is 5.75 Å². The first-order chi connectivity index (χ1) is 16.1. The lowest BCUT2D eigenvalue weighted by molar-refractivity contribution is -0.145. The van der Waals surface area contributed by atoms with Gasteiger partial charge in [-0.05, 0) is 55.5 Å². The number of fused-ring (bicyclic) bond motifs is 2. The Kier molecular flexibility index (Phi) is 5.58. The number of aliphatic hydroxyl groups excluding tert-OH is 3. The second-order valence-electron chi connectivity index (χ2n) is 10.6. The summed E-state index contributed by atoms with van der Waals surface area (Å²) in [4.78, 5) is 28.2. The first-order valence-electron chi connectivity index (χ1n) is 11.9. The number of benzene rings is 2. The number of carbonyl (C=O) groups excluding carboxylic acids is 2. The third-order valence-corrected chi connectivity index (χ3v) is 7.85. The Bertz CT molecular complexity index is 1120. The molecule has 0 radical (unpaired) electrons. The van der Waals surface area contributed by atoms with E-state index in [2.05, 4.69) is 5.32 Å². The number of nitrogens with zero attached hydrogens (tertiary/aromatic N) is 1. The molecule has 8 heteroatoms. The van der Waals surface area contributed by atoms with Gasteiger partial charge >= 0.3 is 0 Å². The standard InChI is InChI=1S/C26H32N2O6/c1-25(2,34-19-8-7-15-5-3-4-6-16(15)9-19)24(33)28-12-18-11-26(18,14-28)23(32)27-20-10-17(13-29)21(30)22(20)31/h3-9,17-18,20-22,29-31H,10-14H2,1-2H3,(H,27,32)/t17-,18-,20+,21-,22-,26-/m1/s1. The van der Waals surface area contributed by atoms with Crippen LogP contribution in [0.25, 0.3) is 10.8 Å². The van der Waals surface area contributed by atoms with Crippen molar-refractivity contribution in [3.63, 3.8) is 0 Å². The Morgan fingerprint density at radius 3 is 2.59 bits per heavy atom. The number of carbonyl (C=O) groups is 2. The molecule has 34 heavy (non-hydrogen) atoms. The fourth-order valence-corrected chi connectivity index (χ4v) is 5.70. The number of aliphatic hydroxyl groups is 3. The highest BCUT2D eigenvalue weighted by atomic mass is 16.5. The number of rotatable bonds is 6. The number of amides is 2. The van der Waals surface area contributed by atoms with Gasteiger partial charge in [0.25, 0.3) is 5.91 Å². The molecule has 5 rings (SSSR count). The summed E-state index contributed by atoms with van der Waals surface area (Å²) in [6, 6.07) is 13.1. The Balaban J connectivity index is 1.23. The molecule has 1 aliphatic heterocycles. The van der Waals surface area contributed by atoms with Crippen molar-refractivity contribution in [1.29, 1.82) is 0 Å². The summed E-state index contributed by atoms with van der Waals surface area (Å²) in [5.41, 5.74) is -1.76. The number of nitrogens with one attached hydrogen (secondary N) is 1. The molecule has 1 heterocycles. The van der Waals surface area contributed by atoms with Crippen LogP contribution in [-0.2, 0) is 9.59 Å². The molecule has 4 N–H and O–H groups in total. The maximum atomic E-state index is 13.4. The Labute approximate surface area is 198 Å². The molecular weight excluding hydrogens is 436 g/mol. The van der Waals surface area contributed by atoms with Crippen LogP contribution in [0, 0.1) is 17.3 Å². The molecule has 0 bridgehead atoms. The van der Waals surface area contributed by atoms with Gasteiger partial charge in [-0.1, -0.05) is 30.3 Å². The molecule has 3 aliphatic rings. The summed E-state index contributed by atoms with van der Waals surface area (Å²) in [6.07, 6.45) is -1.15. The molecule has 182 valence electrons. The molecule has 2 amide bonds. The number of hydrogen-bond donors (Lipinski definition) is 4. The van der Waals surface area contributed by atoms with Crippen LogP contribution in [0.3, 0.4) is 0 Å². The minimum Gasteiger partial charge on any atom is -0.478 e. The van der Waals surface area contributed by atoms with Crippen molar-refractivity contribution in [1.82, 2.24) is 10.2 Å². The van der Waals surface area contributed by atoms with Crippen molar-refractivity contribution in [2.75, 3.05) is 19.7 Å². The molecular formula is C26H32N2O6. The maximum absolute atomic E-state index is 13.4. The van der Waals surface area contributed by atoms with Crippen LogP contribution in [0.15, 0.2) is 42.5 Å². The first kappa shape index (κ1) is 23.1. The van der Waals surface area contributed by atoms with Crippen LogP contribution >= 0.6 is 0 Å². The van der Waals surface area contributed by atoms with E-state index in [1.165, 1.54) is 0 Å². The average Bonchev–Trinajstić information content (AvgIpc) is 3.29. The van der Waals surface area contributed by atoms with E-state index >= 15 is 0 Å². The zero-order valence-electron chi connectivity index (χ0n) is 19.5. The molecule has 0 unspecified atom stereocenters. The van der Waals surface area contributed by atoms with Crippen LogP contribution < -0.4 is 10.1 Å². The van der Waals surface area contributed by atoms with E-state index in [0.29, 0.717) is 31.7 Å². The van der Waals surface area contributed by atoms with Crippen LogP contribution in [-0.4, -0.2) is 75.6 Å². The largest absolute Gasteiger partial charge is 0.478 e. The van der Waals surface area contributed by atoms with Crippen molar-refractivity contribution >= 4 is 22.6 Å². The van der Waals surface area contributed by atoms with Gasteiger partial charge < -0.3 is 30.3 Å². The van der Waals surface area contributed by atoms with Crippen molar-refractivity contribution < 1.29 is 29.6 Å². The summed E-state index contributed by atoms with van der Waals surface area (Å²) in [5, 5.41) is 34.6. The van der Waals surface area contributed by atoms with Crippen LogP contribution in [0.4, 0.5) is 0 Å². The van der Waals surface area contributed by atoms with E-state index in [4.69, 9.17) is 4.74 Å². The second-order valence-corrected chi connectivity index (χ2v) is 10.6. The minimum absolute atomic E-state index is 0.0741. The maximum Gasteiger partial charge on any atom is 0.266 e. The summed E-state index contributed by atoms with van der Waals surface area (Å²) in [6.45, 7) is 4.04. The number of ether oxygens (including phenoxy) is 1. The van der Waals surface area contributed by atoms with Gasteiger partial charge in [-0.3, -0.25) is 9.59 Å². The zero-order chi connectivity index (χ0) is 24.3. The highest BCUT2D eigenvalue weighted by molar-refractivity contribution is 5.91. The molecule has 3 fully saturated rings. The normalized spacial score (nSPS) is 32.5. The molecule has 1 saturated heterocycles. The predicted octanol–water partition coefficient (Wildman–Crippen LogP) is 1.06. The molecule has 0 spiro atoms. The van der Waals surface area contributed by atoms with Gasteiger partial charge in [0.05, 0.1) is 17.6 Å². The molecule has 6 atom stereocenters. The van der Waals surface area contributed by atoms with Crippen LogP contribution in [0.2, 0.25) is 0 Å². The zero-order valence-corrected chi connectivity index (χ0v) is 19.5. The van der Waals surface area contributed by atoms with E-state index in [-0.39, 0.29) is 24.3 Å². The first-order valence-corrected chi connectivity index (χ1v) is 11.9. The van der Waals surface area contributed by atoms with Gasteiger partial charge in [-0.2, -0.15) is 0 Å². The van der Waals surface area contributed by atoms with Crippen molar-refractivity contribution in [3.8, 4) is 5.75 Å². The Morgan fingerprint density at radius 1 is 1.15 bits per heavy atom. The van der Waals surface area contributed by atoms with E-state index in [9.17, 15) is 24.9 Å². The highest BCUT2D eigenvalue weighted by Crippen LogP contribution is 2.58. The molecule has 2 aliphatic carbocycles. The summed E-state index contributed by atoms with van der Waals surface area (Å²) >= 11 is 0. The lowest BCUT2D eigenvalue weighted by Crippen LogP contribution is -2.51. The minimum atomic E-state index is -1.11. The van der Waals surface area contributed by atoms with E-state index in [1.807, 2.05) is 42.5 Å². The van der Waals surface area contributed by atoms with E-state index in [1.54, 1.807) is 18.7 Å². The molecule has 8 nitrogen and oxygen atoms in total. The number of piperidine rings is 1. The van der Waals surface area contributed by atoms with Gasteiger partial charge in [0.1, 0.15) is 11.9 Å². The molecule has 0 aromatic heterocycles. The number of hydrogen-bond acceptors (Lipinski definition) is 6. The lowest BCUT2D eigenvalue weighted by Gasteiger charge is -2.31. The van der Waals surface area contributed by atoms with Crippen molar-refractivity contribution in [2.24, 2.45) is 17.3 Å². The SMILES string of the molecule is CC(C)(Oc1ccc2ccccc2c1)C(=O)N1C[C@H]2C[C@@]2(C(=O)N[C@H]2C[C@H](CO)[C@@H](O)[C@@H]2O)C1. The highest BCUT2D eigenvalue weighted by Gasteiger charge is 2.66. The summed E-state index contributed by atoms with van der Waals surface area (Å²) in [5.74, 6) is -0.138. The number of likely N-dealkylation sites (tertiary alicyclic amines) is 1. The van der Waals surface area contributed by atoms with Gasteiger partial charge in [0.15, 0.2) is 5.60 Å². The second kappa shape index (κ2) is 8.22. The summed E-state index contributed by atoms with van der Waals surface area (Å²) in [7, 11) is 0. The topological polar surface area (TPSA) is 119 Å². The van der Waals surface area contributed by atoms with Gasteiger partial charge in [0, 0.05) is 25.6 Å². The predicted molar refractivity (Wildman–Crippen MR) is 125 cm³/mol. The van der Waals surface area contributed by atoms with Gasteiger partial charge in [-0.15, -0.1) is 0 Å². The third-order valence-electron chi connectivity index (χ3n) is 7.85. The monoisotopic (exact) mass is 468 g/mol. The van der Waals surface area contributed by atoms with Crippen molar-refractivity contribution in [3.05, 3.63) is 42.5 Å². The molecule has 2 aromatic carbocycles. The fraction of sp³-hybridized carbons (Fsp3) is 0.538. The Hall–Kier alpha value is -2.68. The Morgan fingerprint density at radius 2 is 1.88 bits per heavy atom. The molecule has 2 saturated carbocycles. The van der Waals surface area contributed by atoms with E-state index < -0.39 is 35.2 Å². The quantitative estimate of drug-likeness (QED) is 0.504. The fourth-order valence-electron chi connectivity index (χ4n) is 5.70. The van der Waals surface area contributed by atoms with Crippen LogP contribution in [0.1, 0.15) is 26.7 Å². The average molecular weight is 469 g/mol. The van der Waals surface area contributed by atoms with Crippen molar-refractivity contribution in [2.45, 2.75) is 50.5 Å². The van der Waals surface area contributed by atoms with Gasteiger partial charge in [0.2, 0.25) is 5.91 Å². The smallest absolute Gasteiger partial charge is 0.266 e. The summed E-state index contributed by atoms with van der Waals surface area (Å²) < 4.78 is 6.11. The van der Waals surface area contributed by atoms with Gasteiger partial charge in [-0.25, -0.2) is 0 Å². The third kappa shape index (κ3) is 3.83. The molecule has 2 aromatic rings. The lowest BCUT2D eigenvalue weighted by atomic mass is 10.0. The van der Waals surface area contributed by atoms with E-state index in [0.717, 1.165) is 10.8 Å².